The molecule has 2 fully saturated rings. The van der Waals surface area contributed by atoms with Gasteiger partial charge in [0, 0.05) is 95.2 Å². The van der Waals surface area contributed by atoms with Crippen LogP contribution in [0.2, 0.25) is 0 Å². The molecular weight excluding hydrogens is 551 g/mol. The highest BCUT2D eigenvalue weighted by molar-refractivity contribution is 5.80. The summed E-state index contributed by atoms with van der Waals surface area (Å²) in [6.07, 6.45) is -2.20. The summed E-state index contributed by atoms with van der Waals surface area (Å²) in [5.41, 5.74) is 10.2. The van der Waals surface area contributed by atoms with Gasteiger partial charge in [0.25, 0.3) is 0 Å². The molecule has 2 aromatic carbocycles. The zero-order valence-corrected chi connectivity index (χ0v) is 24.9. The van der Waals surface area contributed by atoms with E-state index in [1.807, 2.05) is 6.07 Å². The number of hydrogen-bond donors (Lipinski definition) is 3. The van der Waals surface area contributed by atoms with Gasteiger partial charge in [0.2, 0.25) is 0 Å². The zero-order chi connectivity index (χ0) is 30.6. The van der Waals surface area contributed by atoms with Crippen molar-refractivity contribution in [2.45, 2.75) is 12.7 Å². The molecule has 10 heteroatoms. The number of nitrogens with two attached hydrogens (primary N) is 1. The SMILES string of the molecule is C=C1C=C(C(F)(F)F)C(C(=C)Nc2cc(-c3cccc(CN4CCN(CCN)CC4)c3)ccc2N2CCN(C)CC2)=CN1. The minimum absolute atomic E-state index is 0.0387. The van der Waals surface area contributed by atoms with E-state index in [-0.39, 0.29) is 17.0 Å². The van der Waals surface area contributed by atoms with Crippen LogP contribution in [0.3, 0.4) is 0 Å². The first-order valence-corrected chi connectivity index (χ1v) is 14.8. The molecule has 3 aliphatic rings. The molecule has 0 radical (unpaired) electrons. The molecule has 230 valence electrons. The van der Waals surface area contributed by atoms with Crippen LogP contribution in [0.4, 0.5) is 24.5 Å². The van der Waals surface area contributed by atoms with Crippen molar-refractivity contribution < 1.29 is 13.2 Å². The number of nitrogens with zero attached hydrogens (tertiary/aromatic N) is 4. The van der Waals surface area contributed by atoms with Gasteiger partial charge in [-0.05, 0) is 48.0 Å². The minimum Gasteiger partial charge on any atom is -0.367 e. The van der Waals surface area contributed by atoms with Gasteiger partial charge < -0.3 is 26.2 Å². The van der Waals surface area contributed by atoms with Crippen molar-refractivity contribution in [2.24, 2.45) is 5.73 Å². The van der Waals surface area contributed by atoms with Crippen LogP contribution in [-0.2, 0) is 6.54 Å². The van der Waals surface area contributed by atoms with Crippen LogP contribution in [0, 0.1) is 0 Å². The number of allylic oxidation sites excluding steroid dienone is 2. The van der Waals surface area contributed by atoms with Gasteiger partial charge in [0.05, 0.1) is 16.9 Å². The third kappa shape index (κ3) is 7.69. The highest BCUT2D eigenvalue weighted by Crippen LogP contribution is 2.39. The fourth-order valence-corrected chi connectivity index (χ4v) is 5.85. The van der Waals surface area contributed by atoms with Crippen LogP contribution in [-0.4, -0.2) is 93.4 Å². The number of halogens is 3. The van der Waals surface area contributed by atoms with E-state index in [0.717, 1.165) is 94.0 Å². The quantitative estimate of drug-likeness (QED) is 0.393. The van der Waals surface area contributed by atoms with Crippen LogP contribution in [0.25, 0.3) is 11.1 Å². The van der Waals surface area contributed by atoms with Crippen LogP contribution in [0.1, 0.15) is 5.56 Å². The standard InChI is InChI=1S/C33H42F3N7/c1-24-19-30(33(34,35)36)29(22-38-24)25(2)39-31-21-28(7-8-32(31)43-17-11-40(3)12-18-43)27-6-4-5-26(20-27)23-42-15-13-41(10-9-37)14-16-42/h4-8,19-22,38-39H,1-2,9-18,23,37H2,3H3. The summed E-state index contributed by atoms with van der Waals surface area (Å²) in [4.78, 5) is 9.41. The number of likely N-dealkylation sites (N-methyl/N-ethyl adjacent to an activating group) is 1. The van der Waals surface area contributed by atoms with E-state index >= 15 is 0 Å². The number of anilines is 2. The summed E-state index contributed by atoms with van der Waals surface area (Å²) >= 11 is 0. The molecule has 0 saturated carbocycles. The second kappa shape index (κ2) is 13.4. The summed E-state index contributed by atoms with van der Waals surface area (Å²) in [6, 6.07) is 14.7. The average Bonchev–Trinajstić information content (AvgIpc) is 2.98. The summed E-state index contributed by atoms with van der Waals surface area (Å²) in [5, 5.41) is 6.07. The second-order valence-corrected chi connectivity index (χ2v) is 11.5. The third-order valence-electron chi connectivity index (χ3n) is 8.34. The second-order valence-electron chi connectivity index (χ2n) is 11.5. The van der Waals surface area contributed by atoms with Crippen molar-refractivity contribution in [1.82, 2.24) is 20.0 Å². The Hall–Kier alpha value is -3.57. The molecule has 0 amide bonds. The molecule has 0 aliphatic carbocycles. The first-order valence-electron chi connectivity index (χ1n) is 14.8. The maximum atomic E-state index is 13.9. The van der Waals surface area contributed by atoms with Crippen molar-refractivity contribution >= 4 is 11.4 Å². The van der Waals surface area contributed by atoms with Crippen LogP contribution in [0.5, 0.6) is 0 Å². The lowest BCUT2D eigenvalue weighted by atomic mass is 9.98. The molecule has 7 nitrogen and oxygen atoms in total. The van der Waals surface area contributed by atoms with Crippen LogP contribution < -0.4 is 21.3 Å². The van der Waals surface area contributed by atoms with Crippen molar-refractivity contribution in [3.63, 3.8) is 0 Å². The Balaban J connectivity index is 1.40. The summed E-state index contributed by atoms with van der Waals surface area (Å²) in [7, 11) is 2.09. The molecule has 2 saturated heterocycles. The lowest BCUT2D eigenvalue weighted by Crippen LogP contribution is -2.47. The van der Waals surface area contributed by atoms with Crippen molar-refractivity contribution in [2.75, 3.05) is 82.7 Å². The fraction of sp³-hybridized carbons (Fsp3) is 0.394. The first kappa shape index (κ1) is 30.9. The lowest BCUT2D eigenvalue weighted by molar-refractivity contribution is -0.0893. The number of rotatable bonds is 9. The van der Waals surface area contributed by atoms with E-state index in [4.69, 9.17) is 5.73 Å². The molecule has 43 heavy (non-hydrogen) atoms. The number of alkyl halides is 3. The number of dihydropyridines is 1. The van der Waals surface area contributed by atoms with Gasteiger partial charge >= 0.3 is 6.18 Å². The normalized spacial score (nSPS) is 19.1. The Bertz CT molecular complexity index is 1380. The largest absolute Gasteiger partial charge is 0.417 e. The molecule has 0 atom stereocenters. The molecular formula is C33H42F3N7. The van der Waals surface area contributed by atoms with Crippen LogP contribution >= 0.6 is 0 Å². The van der Waals surface area contributed by atoms with E-state index in [1.54, 1.807) is 0 Å². The van der Waals surface area contributed by atoms with E-state index < -0.39 is 11.7 Å². The number of benzene rings is 2. The molecule has 0 unspecified atom stereocenters. The third-order valence-corrected chi connectivity index (χ3v) is 8.34. The highest BCUT2D eigenvalue weighted by Gasteiger charge is 2.38. The van der Waals surface area contributed by atoms with Crippen molar-refractivity contribution in [1.29, 1.82) is 0 Å². The van der Waals surface area contributed by atoms with E-state index in [0.29, 0.717) is 6.54 Å². The Morgan fingerprint density at radius 1 is 0.953 bits per heavy atom. The zero-order valence-electron chi connectivity index (χ0n) is 24.9. The van der Waals surface area contributed by atoms with Gasteiger partial charge in [-0.2, -0.15) is 13.2 Å². The van der Waals surface area contributed by atoms with Gasteiger partial charge in [0.1, 0.15) is 0 Å². The monoisotopic (exact) mass is 593 g/mol. The summed E-state index contributed by atoms with van der Waals surface area (Å²) in [5.74, 6) is 0. The molecule has 4 N–H and O–H groups in total. The first-order chi connectivity index (χ1) is 20.6. The van der Waals surface area contributed by atoms with Gasteiger partial charge in [-0.1, -0.05) is 37.4 Å². The average molecular weight is 594 g/mol. The summed E-state index contributed by atoms with van der Waals surface area (Å²) < 4.78 is 41.8. The smallest absolute Gasteiger partial charge is 0.367 e. The molecule has 3 aliphatic heterocycles. The van der Waals surface area contributed by atoms with Crippen molar-refractivity contribution in [3.05, 3.63) is 96.0 Å². The van der Waals surface area contributed by atoms with E-state index in [9.17, 15) is 13.2 Å². The van der Waals surface area contributed by atoms with Crippen molar-refractivity contribution in [3.8, 4) is 11.1 Å². The molecule has 2 aromatic rings. The predicted molar refractivity (Wildman–Crippen MR) is 170 cm³/mol. The summed E-state index contributed by atoms with van der Waals surface area (Å²) in [6.45, 7) is 17.7. The Morgan fingerprint density at radius 3 is 2.35 bits per heavy atom. The number of hydrogen-bond acceptors (Lipinski definition) is 7. The fourth-order valence-electron chi connectivity index (χ4n) is 5.85. The van der Waals surface area contributed by atoms with Gasteiger partial charge in [-0.25, -0.2) is 0 Å². The Labute approximate surface area is 252 Å². The van der Waals surface area contributed by atoms with Gasteiger partial charge in [-0.15, -0.1) is 0 Å². The maximum absolute atomic E-state index is 13.9. The molecule has 0 aromatic heterocycles. The van der Waals surface area contributed by atoms with Gasteiger partial charge in [-0.3, -0.25) is 9.80 Å². The van der Waals surface area contributed by atoms with E-state index in [2.05, 4.69) is 86.8 Å². The van der Waals surface area contributed by atoms with E-state index in [1.165, 1.54) is 11.8 Å². The molecule has 3 heterocycles. The Morgan fingerprint density at radius 2 is 1.65 bits per heavy atom. The highest BCUT2D eigenvalue weighted by atomic mass is 19.4. The number of piperazine rings is 2. The molecule has 0 bridgehead atoms. The lowest BCUT2D eigenvalue weighted by Gasteiger charge is -2.35. The molecule has 5 rings (SSSR count). The predicted octanol–water partition coefficient (Wildman–Crippen LogP) is 4.60. The minimum atomic E-state index is -4.54. The Kier molecular flexibility index (Phi) is 9.61. The topological polar surface area (TPSA) is 63.0 Å². The maximum Gasteiger partial charge on any atom is 0.417 e. The number of nitrogens with one attached hydrogen (secondary N) is 2. The van der Waals surface area contributed by atoms with Crippen LogP contribution in [0.15, 0.2) is 90.4 Å². The molecule has 0 spiro atoms. The van der Waals surface area contributed by atoms with Gasteiger partial charge in [0.15, 0.2) is 0 Å².